The van der Waals surface area contributed by atoms with E-state index >= 15 is 0 Å². The SMILES string of the molecule is C=CCNC(=O)[C@H](NC(=O)c1ccc(OC)cc1)C1CCN(C(=O)c2cccs2)CC1. The molecule has 8 heteroatoms. The third kappa shape index (κ3) is 5.73. The molecule has 2 aromatic rings. The molecule has 3 rings (SSSR count). The van der Waals surface area contributed by atoms with Crippen molar-refractivity contribution in [2.75, 3.05) is 26.7 Å². The summed E-state index contributed by atoms with van der Waals surface area (Å²) < 4.78 is 5.13. The number of likely N-dealkylation sites (tertiary alicyclic amines) is 1. The van der Waals surface area contributed by atoms with Crippen LogP contribution in [0, 0.1) is 5.92 Å². The van der Waals surface area contributed by atoms with Crippen LogP contribution in [0.5, 0.6) is 5.75 Å². The number of amides is 3. The number of piperidine rings is 1. The summed E-state index contributed by atoms with van der Waals surface area (Å²) in [5, 5.41) is 7.57. The first kappa shape index (κ1) is 22.6. The van der Waals surface area contributed by atoms with Crippen LogP contribution in [-0.4, -0.2) is 55.4 Å². The van der Waals surface area contributed by atoms with Crippen LogP contribution in [0.4, 0.5) is 0 Å². The van der Waals surface area contributed by atoms with Gasteiger partial charge >= 0.3 is 0 Å². The van der Waals surface area contributed by atoms with Crippen molar-refractivity contribution in [1.82, 2.24) is 15.5 Å². The van der Waals surface area contributed by atoms with Gasteiger partial charge in [0.2, 0.25) is 5.91 Å². The van der Waals surface area contributed by atoms with Gasteiger partial charge in [0, 0.05) is 25.2 Å². The lowest BCUT2D eigenvalue weighted by Crippen LogP contribution is -2.53. The Morgan fingerprint density at radius 2 is 1.94 bits per heavy atom. The third-order valence-corrected chi connectivity index (χ3v) is 6.23. The highest BCUT2D eigenvalue weighted by atomic mass is 32.1. The Hall–Kier alpha value is -3.13. The van der Waals surface area contributed by atoms with Crippen LogP contribution >= 0.6 is 11.3 Å². The average molecular weight is 442 g/mol. The lowest BCUT2D eigenvalue weighted by Gasteiger charge is -2.35. The molecule has 0 radical (unpaired) electrons. The molecule has 0 saturated carbocycles. The Morgan fingerprint density at radius 1 is 1.23 bits per heavy atom. The number of hydrogen-bond donors (Lipinski definition) is 2. The number of carbonyl (C=O) groups is 3. The first-order chi connectivity index (χ1) is 15.0. The fourth-order valence-corrected chi connectivity index (χ4v) is 4.33. The van der Waals surface area contributed by atoms with Gasteiger partial charge in [-0.2, -0.15) is 0 Å². The highest BCUT2D eigenvalue weighted by molar-refractivity contribution is 7.12. The molecule has 0 unspecified atom stereocenters. The summed E-state index contributed by atoms with van der Waals surface area (Å²) >= 11 is 1.42. The number of ether oxygens (including phenoxy) is 1. The summed E-state index contributed by atoms with van der Waals surface area (Å²) in [6, 6.07) is 9.73. The molecule has 1 aliphatic rings. The van der Waals surface area contributed by atoms with Crippen molar-refractivity contribution >= 4 is 29.1 Å². The zero-order valence-corrected chi connectivity index (χ0v) is 18.3. The van der Waals surface area contributed by atoms with Crippen LogP contribution < -0.4 is 15.4 Å². The van der Waals surface area contributed by atoms with Gasteiger partial charge in [-0.1, -0.05) is 12.1 Å². The molecule has 31 heavy (non-hydrogen) atoms. The molecule has 2 N–H and O–H groups in total. The van der Waals surface area contributed by atoms with Crippen LogP contribution in [-0.2, 0) is 4.79 Å². The number of nitrogens with zero attached hydrogens (tertiary/aromatic N) is 1. The van der Waals surface area contributed by atoms with Gasteiger partial charge in [0.1, 0.15) is 11.8 Å². The van der Waals surface area contributed by atoms with Gasteiger partial charge in [-0.05, 0) is 54.5 Å². The van der Waals surface area contributed by atoms with E-state index in [1.165, 1.54) is 11.3 Å². The fourth-order valence-electron chi connectivity index (χ4n) is 3.64. The van der Waals surface area contributed by atoms with Crippen LogP contribution in [0.3, 0.4) is 0 Å². The summed E-state index contributed by atoms with van der Waals surface area (Å²) in [5.41, 5.74) is 0.452. The Labute approximate surface area is 186 Å². The van der Waals surface area contributed by atoms with Gasteiger partial charge in [-0.3, -0.25) is 14.4 Å². The van der Waals surface area contributed by atoms with Crippen LogP contribution in [0.15, 0.2) is 54.4 Å². The molecule has 1 saturated heterocycles. The molecule has 1 atom stereocenters. The fraction of sp³-hybridized carbons (Fsp3) is 0.348. The van der Waals surface area contributed by atoms with Gasteiger partial charge in [-0.15, -0.1) is 17.9 Å². The quantitative estimate of drug-likeness (QED) is 0.617. The maximum Gasteiger partial charge on any atom is 0.263 e. The molecular formula is C23H27N3O4S. The minimum Gasteiger partial charge on any atom is -0.497 e. The molecule has 7 nitrogen and oxygen atoms in total. The number of thiophene rings is 1. The second-order valence-electron chi connectivity index (χ2n) is 7.32. The van der Waals surface area contributed by atoms with Gasteiger partial charge in [0.25, 0.3) is 11.8 Å². The van der Waals surface area contributed by atoms with E-state index in [2.05, 4.69) is 17.2 Å². The van der Waals surface area contributed by atoms with Crippen molar-refractivity contribution in [3.05, 3.63) is 64.9 Å². The molecule has 1 fully saturated rings. The first-order valence-electron chi connectivity index (χ1n) is 10.2. The lowest BCUT2D eigenvalue weighted by molar-refractivity contribution is -0.124. The van der Waals surface area contributed by atoms with E-state index in [1.807, 2.05) is 22.4 Å². The van der Waals surface area contributed by atoms with E-state index in [1.54, 1.807) is 37.5 Å². The summed E-state index contributed by atoms with van der Waals surface area (Å²) in [7, 11) is 1.56. The molecular weight excluding hydrogens is 414 g/mol. The van der Waals surface area contributed by atoms with Gasteiger partial charge in [0.15, 0.2) is 0 Å². The molecule has 0 aliphatic carbocycles. The number of rotatable bonds is 8. The van der Waals surface area contributed by atoms with Crippen LogP contribution in [0.1, 0.15) is 32.9 Å². The normalized spacial score (nSPS) is 15.1. The van der Waals surface area contributed by atoms with Crippen molar-refractivity contribution in [1.29, 1.82) is 0 Å². The summed E-state index contributed by atoms with van der Waals surface area (Å²) in [5.74, 6) is 0.0330. The maximum atomic E-state index is 12.8. The van der Waals surface area contributed by atoms with E-state index in [4.69, 9.17) is 4.74 Å². The number of hydrogen-bond acceptors (Lipinski definition) is 5. The zero-order chi connectivity index (χ0) is 22.2. The van der Waals surface area contributed by atoms with Crippen molar-refractivity contribution in [3.8, 4) is 5.75 Å². The van der Waals surface area contributed by atoms with Crippen molar-refractivity contribution in [3.63, 3.8) is 0 Å². The largest absolute Gasteiger partial charge is 0.497 e. The number of methoxy groups -OCH3 is 1. The minimum atomic E-state index is -0.687. The minimum absolute atomic E-state index is 0.0170. The second kappa shape index (κ2) is 10.8. The van der Waals surface area contributed by atoms with E-state index in [9.17, 15) is 14.4 Å². The third-order valence-electron chi connectivity index (χ3n) is 5.37. The standard InChI is InChI=1S/C23H27N3O4S/c1-3-12-24-22(28)20(25-21(27)17-6-8-18(30-2)9-7-17)16-10-13-26(14-11-16)23(29)19-5-4-15-31-19/h3-9,15-16,20H,1,10-14H2,2H3,(H,24,28)(H,25,27)/t20-/m1/s1. The van der Waals surface area contributed by atoms with E-state index in [0.29, 0.717) is 48.7 Å². The first-order valence-corrected chi connectivity index (χ1v) is 11.1. The predicted octanol–water partition coefficient (Wildman–Crippen LogP) is 2.71. The zero-order valence-electron chi connectivity index (χ0n) is 17.5. The number of benzene rings is 1. The summed E-state index contributed by atoms with van der Waals surface area (Å²) in [6.07, 6.45) is 2.86. The monoisotopic (exact) mass is 441 g/mol. The molecule has 1 aromatic carbocycles. The highest BCUT2D eigenvalue weighted by Crippen LogP contribution is 2.24. The molecule has 164 valence electrons. The van der Waals surface area contributed by atoms with Crippen LogP contribution in [0.25, 0.3) is 0 Å². The Balaban J connectivity index is 1.67. The summed E-state index contributed by atoms with van der Waals surface area (Å²) in [6.45, 7) is 5.04. The Kier molecular flexibility index (Phi) is 7.83. The Morgan fingerprint density at radius 3 is 2.52 bits per heavy atom. The Bertz CT molecular complexity index is 903. The lowest BCUT2D eigenvalue weighted by atomic mass is 9.88. The predicted molar refractivity (Wildman–Crippen MR) is 120 cm³/mol. The van der Waals surface area contributed by atoms with E-state index in [-0.39, 0.29) is 23.6 Å². The average Bonchev–Trinajstić information content (AvgIpc) is 3.35. The van der Waals surface area contributed by atoms with Crippen LogP contribution in [0.2, 0.25) is 0 Å². The molecule has 1 aromatic heterocycles. The second-order valence-corrected chi connectivity index (χ2v) is 8.27. The van der Waals surface area contributed by atoms with Gasteiger partial charge in [0.05, 0.1) is 12.0 Å². The van der Waals surface area contributed by atoms with Crippen molar-refractivity contribution in [2.45, 2.75) is 18.9 Å². The molecule has 0 bridgehead atoms. The van der Waals surface area contributed by atoms with E-state index in [0.717, 1.165) is 0 Å². The smallest absolute Gasteiger partial charge is 0.263 e. The molecule has 2 heterocycles. The number of carbonyl (C=O) groups excluding carboxylic acids is 3. The maximum absolute atomic E-state index is 12.8. The number of nitrogens with one attached hydrogen (secondary N) is 2. The highest BCUT2D eigenvalue weighted by Gasteiger charge is 2.34. The van der Waals surface area contributed by atoms with Gasteiger partial charge < -0.3 is 20.3 Å². The molecule has 0 spiro atoms. The summed E-state index contributed by atoms with van der Waals surface area (Å²) in [4.78, 5) is 40.7. The topological polar surface area (TPSA) is 87.7 Å². The molecule has 3 amide bonds. The van der Waals surface area contributed by atoms with Gasteiger partial charge in [-0.25, -0.2) is 0 Å². The van der Waals surface area contributed by atoms with E-state index < -0.39 is 6.04 Å². The molecule has 1 aliphatic heterocycles. The van der Waals surface area contributed by atoms with Crippen molar-refractivity contribution in [2.24, 2.45) is 5.92 Å². The van der Waals surface area contributed by atoms with Crippen molar-refractivity contribution < 1.29 is 19.1 Å².